The van der Waals surface area contributed by atoms with Gasteiger partial charge in [0.1, 0.15) is 5.54 Å². The monoisotopic (exact) mass is 203 g/mol. The van der Waals surface area contributed by atoms with Crippen LogP contribution in [-0.4, -0.2) is 48.3 Å². The van der Waals surface area contributed by atoms with Crippen molar-refractivity contribution in [3.05, 3.63) is 0 Å². The summed E-state index contributed by atoms with van der Waals surface area (Å²) in [5.74, 6) is -0.810. The van der Waals surface area contributed by atoms with E-state index in [1.807, 2.05) is 6.92 Å². The van der Waals surface area contributed by atoms with Crippen LogP contribution in [0.25, 0.3) is 0 Å². The molecule has 84 valence electrons. The van der Waals surface area contributed by atoms with E-state index in [0.29, 0.717) is 13.2 Å². The number of likely N-dealkylation sites (N-methyl/N-ethyl adjacent to an activating group) is 1. The molecule has 0 aromatic heterocycles. The van der Waals surface area contributed by atoms with Crippen LogP contribution < -0.4 is 0 Å². The minimum absolute atomic E-state index is 0.584. The van der Waals surface area contributed by atoms with Crippen LogP contribution in [-0.2, 0) is 9.53 Å². The lowest BCUT2D eigenvalue weighted by atomic mass is 10.0. The SMILES string of the molecule is CCCOCCN(C)C(C)(C)C(=O)O. The van der Waals surface area contributed by atoms with E-state index >= 15 is 0 Å². The second-order valence-electron chi connectivity index (χ2n) is 3.90. The fraction of sp³-hybridized carbons (Fsp3) is 0.900. The molecule has 0 spiro atoms. The third-order valence-electron chi connectivity index (χ3n) is 2.40. The van der Waals surface area contributed by atoms with E-state index in [2.05, 4.69) is 0 Å². The molecule has 0 radical (unpaired) electrons. The number of carbonyl (C=O) groups is 1. The van der Waals surface area contributed by atoms with E-state index in [1.54, 1.807) is 25.8 Å². The van der Waals surface area contributed by atoms with E-state index in [4.69, 9.17) is 9.84 Å². The maximum Gasteiger partial charge on any atom is 0.323 e. The molecule has 0 aromatic carbocycles. The van der Waals surface area contributed by atoms with Gasteiger partial charge in [0.2, 0.25) is 0 Å². The number of carboxylic acid groups (broad SMARTS) is 1. The first kappa shape index (κ1) is 13.4. The summed E-state index contributed by atoms with van der Waals surface area (Å²) in [6, 6.07) is 0. The Hall–Kier alpha value is -0.610. The summed E-state index contributed by atoms with van der Waals surface area (Å²) in [5.41, 5.74) is -0.824. The van der Waals surface area contributed by atoms with Crippen LogP contribution in [0.1, 0.15) is 27.2 Å². The number of rotatable bonds is 7. The summed E-state index contributed by atoms with van der Waals surface area (Å²) >= 11 is 0. The molecule has 0 saturated carbocycles. The van der Waals surface area contributed by atoms with Gasteiger partial charge >= 0.3 is 5.97 Å². The van der Waals surface area contributed by atoms with Crippen molar-refractivity contribution >= 4 is 5.97 Å². The molecule has 0 aromatic rings. The van der Waals surface area contributed by atoms with Gasteiger partial charge in [0.15, 0.2) is 0 Å². The van der Waals surface area contributed by atoms with E-state index in [0.717, 1.165) is 13.0 Å². The Labute approximate surface area is 85.9 Å². The van der Waals surface area contributed by atoms with Crippen LogP contribution in [0.15, 0.2) is 0 Å². The largest absolute Gasteiger partial charge is 0.480 e. The zero-order valence-corrected chi connectivity index (χ0v) is 9.54. The van der Waals surface area contributed by atoms with Crippen molar-refractivity contribution < 1.29 is 14.6 Å². The summed E-state index contributed by atoms with van der Waals surface area (Å²) in [6.45, 7) is 7.39. The molecule has 4 heteroatoms. The fourth-order valence-electron chi connectivity index (χ4n) is 0.891. The Bertz CT molecular complexity index is 180. The summed E-state index contributed by atoms with van der Waals surface area (Å²) in [6.07, 6.45) is 0.992. The van der Waals surface area contributed by atoms with Crippen molar-refractivity contribution in [3.8, 4) is 0 Å². The first-order valence-corrected chi connectivity index (χ1v) is 4.95. The van der Waals surface area contributed by atoms with Crippen molar-refractivity contribution in [2.24, 2.45) is 0 Å². The second-order valence-corrected chi connectivity index (χ2v) is 3.90. The Morgan fingerprint density at radius 3 is 2.43 bits per heavy atom. The summed E-state index contributed by atoms with van der Waals surface area (Å²) in [4.78, 5) is 12.7. The second kappa shape index (κ2) is 5.98. The van der Waals surface area contributed by atoms with E-state index in [-0.39, 0.29) is 0 Å². The van der Waals surface area contributed by atoms with Crippen LogP contribution in [0, 0.1) is 0 Å². The number of hydrogen-bond acceptors (Lipinski definition) is 3. The van der Waals surface area contributed by atoms with Crippen LogP contribution >= 0.6 is 0 Å². The first-order valence-electron chi connectivity index (χ1n) is 4.95. The molecule has 4 nitrogen and oxygen atoms in total. The smallest absolute Gasteiger partial charge is 0.323 e. The Morgan fingerprint density at radius 1 is 1.43 bits per heavy atom. The molecular formula is C10H21NO3. The molecule has 0 aliphatic rings. The number of nitrogens with zero attached hydrogens (tertiary/aromatic N) is 1. The first-order chi connectivity index (χ1) is 6.42. The fourth-order valence-corrected chi connectivity index (χ4v) is 0.891. The Balaban J connectivity index is 3.83. The summed E-state index contributed by atoms with van der Waals surface area (Å²) in [5, 5.41) is 8.93. The Morgan fingerprint density at radius 2 is 2.00 bits per heavy atom. The molecule has 0 amide bonds. The van der Waals surface area contributed by atoms with Crippen LogP contribution in [0.2, 0.25) is 0 Å². The lowest BCUT2D eigenvalue weighted by Gasteiger charge is -2.31. The van der Waals surface area contributed by atoms with Crippen molar-refractivity contribution in [1.29, 1.82) is 0 Å². The molecule has 0 aliphatic heterocycles. The molecule has 0 bridgehead atoms. The predicted octanol–water partition coefficient (Wildman–Crippen LogP) is 1.21. The topological polar surface area (TPSA) is 49.8 Å². The van der Waals surface area contributed by atoms with Gasteiger partial charge in [-0.15, -0.1) is 0 Å². The third kappa shape index (κ3) is 4.07. The third-order valence-corrected chi connectivity index (χ3v) is 2.40. The molecule has 0 rings (SSSR count). The summed E-state index contributed by atoms with van der Waals surface area (Å²) in [7, 11) is 1.80. The molecule has 0 atom stereocenters. The number of carboxylic acids is 1. The van der Waals surface area contributed by atoms with Crippen molar-refractivity contribution in [1.82, 2.24) is 4.90 Å². The van der Waals surface area contributed by atoms with E-state index in [9.17, 15) is 4.79 Å². The van der Waals surface area contributed by atoms with E-state index < -0.39 is 11.5 Å². The van der Waals surface area contributed by atoms with Crippen LogP contribution in [0.3, 0.4) is 0 Å². The lowest BCUT2D eigenvalue weighted by molar-refractivity contribution is -0.148. The quantitative estimate of drug-likeness (QED) is 0.632. The molecular weight excluding hydrogens is 182 g/mol. The average molecular weight is 203 g/mol. The maximum atomic E-state index is 10.9. The normalized spacial score (nSPS) is 12.1. The van der Waals surface area contributed by atoms with Gasteiger partial charge in [-0.1, -0.05) is 6.92 Å². The zero-order chi connectivity index (χ0) is 11.2. The number of aliphatic carboxylic acids is 1. The van der Waals surface area contributed by atoms with Crippen LogP contribution in [0.4, 0.5) is 0 Å². The predicted molar refractivity (Wildman–Crippen MR) is 55.5 cm³/mol. The minimum Gasteiger partial charge on any atom is -0.480 e. The standard InChI is InChI=1S/C10H21NO3/c1-5-7-14-8-6-11(4)10(2,3)9(12)13/h5-8H2,1-4H3,(H,12,13). The molecule has 0 aliphatic carbocycles. The molecule has 0 unspecified atom stereocenters. The van der Waals surface area contributed by atoms with E-state index in [1.165, 1.54) is 0 Å². The van der Waals surface area contributed by atoms with Gasteiger partial charge < -0.3 is 9.84 Å². The Kier molecular flexibility index (Phi) is 5.72. The van der Waals surface area contributed by atoms with Crippen molar-refractivity contribution in [3.63, 3.8) is 0 Å². The van der Waals surface area contributed by atoms with Gasteiger partial charge in [-0.25, -0.2) is 0 Å². The number of ether oxygens (including phenoxy) is 1. The lowest BCUT2D eigenvalue weighted by Crippen LogP contribution is -2.49. The highest BCUT2D eigenvalue weighted by molar-refractivity contribution is 5.77. The molecule has 0 heterocycles. The van der Waals surface area contributed by atoms with Crippen molar-refractivity contribution in [2.45, 2.75) is 32.7 Å². The van der Waals surface area contributed by atoms with Crippen LogP contribution in [0.5, 0.6) is 0 Å². The highest BCUT2D eigenvalue weighted by Crippen LogP contribution is 2.11. The van der Waals surface area contributed by atoms with Gasteiger partial charge in [0.25, 0.3) is 0 Å². The van der Waals surface area contributed by atoms with Gasteiger partial charge in [0.05, 0.1) is 6.61 Å². The average Bonchev–Trinajstić information content (AvgIpc) is 2.11. The van der Waals surface area contributed by atoms with Gasteiger partial charge in [-0.2, -0.15) is 0 Å². The van der Waals surface area contributed by atoms with Gasteiger partial charge in [0, 0.05) is 13.2 Å². The van der Waals surface area contributed by atoms with Crippen molar-refractivity contribution in [2.75, 3.05) is 26.8 Å². The molecule has 0 fully saturated rings. The van der Waals surface area contributed by atoms with Gasteiger partial charge in [-0.05, 0) is 27.3 Å². The summed E-state index contributed by atoms with van der Waals surface area (Å²) < 4.78 is 5.29. The van der Waals surface area contributed by atoms with Gasteiger partial charge in [-0.3, -0.25) is 9.69 Å². The minimum atomic E-state index is -0.824. The highest BCUT2D eigenvalue weighted by Gasteiger charge is 2.31. The maximum absolute atomic E-state index is 10.9. The highest BCUT2D eigenvalue weighted by atomic mass is 16.5. The zero-order valence-electron chi connectivity index (χ0n) is 9.54. The number of hydrogen-bond donors (Lipinski definition) is 1. The molecule has 14 heavy (non-hydrogen) atoms. The molecule has 0 saturated heterocycles. The molecule has 1 N–H and O–H groups in total.